The van der Waals surface area contributed by atoms with Crippen LogP contribution in [-0.4, -0.2) is 23.4 Å². The van der Waals surface area contributed by atoms with Crippen molar-refractivity contribution in [1.82, 2.24) is 10.3 Å². The molecule has 1 atom stereocenters. The second kappa shape index (κ2) is 6.68. The largest absolute Gasteiger partial charge is 0.296 e. The fourth-order valence-electron chi connectivity index (χ4n) is 2.75. The average Bonchev–Trinajstić information content (AvgIpc) is 2.64. The Hall–Kier alpha value is -1.39. The number of nitrogens with two attached hydrogens (primary N) is 1. The van der Waals surface area contributed by atoms with Crippen LogP contribution in [-0.2, 0) is 6.54 Å². The Morgan fingerprint density at radius 1 is 1.37 bits per heavy atom. The van der Waals surface area contributed by atoms with E-state index in [1.807, 2.05) is 24.3 Å². The van der Waals surface area contributed by atoms with Gasteiger partial charge >= 0.3 is 0 Å². The smallest absolute Gasteiger partial charge is 0.265 e. The maximum absolute atomic E-state index is 11.8. The number of hydrogen-bond donors (Lipinski definition) is 2. The van der Waals surface area contributed by atoms with Gasteiger partial charge in [0.2, 0.25) is 0 Å². The molecular weight excluding hydrogens is 238 g/mol. The molecule has 1 saturated heterocycles. The van der Waals surface area contributed by atoms with E-state index in [1.54, 1.807) is 0 Å². The van der Waals surface area contributed by atoms with E-state index >= 15 is 0 Å². The highest BCUT2D eigenvalue weighted by molar-refractivity contribution is 5.95. The second-order valence-electron chi connectivity index (χ2n) is 5.30. The summed E-state index contributed by atoms with van der Waals surface area (Å²) in [5.41, 5.74) is 3.96. The molecule has 0 aromatic heterocycles. The number of rotatable bonds is 3. The number of likely N-dealkylation sites (tertiary alicyclic amines) is 1. The summed E-state index contributed by atoms with van der Waals surface area (Å²) in [6.07, 6.45) is 5.11. The van der Waals surface area contributed by atoms with Gasteiger partial charge in [-0.3, -0.25) is 15.1 Å². The summed E-state index contributed by atoms with van der Waals surface area (Å²) in [5.74, 6) is 5.04. The van der Waals surface area contributed by atoms with Gasteiger partial charge in [-0.2, -0.15) is 0 Å². The van der Waals surface area contributed by atoms with Crippen LogP contribution in [0, 0.1) is 0 Å². The summed E-state index contributed by atoms with van der Waals surface area (Å²) < 4.78 is 0. The maximum atomic E-state index is 11.8. The zero-order chi connectivity index (χ0) is 13.7. The second-order valence-corrected chi connectivity index (χ2v) is 5.30. The Bertz CT molecular complexity index is 433. The van der Waals surface area contributed by atoms with Crippen LogP contribution in [0.5, 0.6) is 0 Å². The van der Waals surface area contributed by atoms with Crippen LogP contribution in [0.25, 0.3) is 0 Å². The van der Waals surface area contributed by atoms with E-state index < -0.39 is 0 Å². The van der Waals surface area contributed by atoms with Gasteiger partial charge in [-0.1, -0.05) is 31.0 Å². The van der Waals surface area contributed by atoms with Gasteiger partial charge in [0.05, 0.1) is 0 Å². The van der Waals surface area contributed by atoms with Crippen molar-refractivity contribution in [3.63, 3.8) is 0 Å². The molecule has 4 heteroatoms. The van der Waals surface area contributed by atoms with Crippen molar-refractivity contribution in [1.29, 1.82) is 0 Å². The predicted molar refractivity (Wildman–Crippen MR) is 76.4 cm³/mol. The van der Waals surface area contributed by atoms with Gasteiger partial charge in [-0.25, -0.2) is 5.84 Å². The zero-order valence-corrected chi connectivity index (χ0v) is 11.6. The molecule has 3 N–H and O–H groups in total. The van der Waals surface area contributed by atoms with Crippen LogP contribution < -0.4 is 11.3 Å². The molecule has 1 heterocycles. The molecule has 0 aliphatic carbocycles. The molecule has 1 aromatic rings. The number of carbonyl (C=O) groups is 1. The van der Waals surface area contributed by atoms with Crippen molar-refractivity contribution in [3.8, 4) is 0 Å². The molecule has 0 bridgehead atoms. The topological polar surface area (TPSA) is 58.4 Å². The van der Waals surface area contributed by atoms with Crippen LogP contribution in [0.2, 0.25) is 0 Å². The predicted octanol–water partition coefficient (Wildman–Crippen LogP) is 2.05. The summed E-state index contributed by atoms with van der Waals surface area (Å²) in [4.78, 5) is 14.2. The van der Waals surface area contributed by atoms with Crippen molar-refractivity contribution < 1.29 is 4.79 Å². The fraction of sp³-hybridized carbons (Fsp3) is 0.533. The van der Waals surface area contributed by atoms with Gasteiger partial charge in [-0.15, -0.1) is 0 Å². The lowest BCUT2D eigenvalue weighted by Gasteiger charge is -2.27. The number of carbonyl (C=O) groups excluding carboxylic acids is 1. The first-order valence-electron chi connectivity index (χ1n) is 7.05. The van der Waals surface area contributed by atoms with Gasteiger partial charge in [0, 0.05) is 18.2 Å². The summed E-state index contributed by atoms with van der Waals surface area (Å²) >= 11 is 0. The number of nitrogens with one attached hydrogen (secondary N) is 1. The van der Waals surface area contributed by atoms with Crippen LogP contribution >= 0.6 is 0 Å². The van der Waals surface area contributed by atoms with Gasteiger partial charge in [0.25, 0.3) is 5.91 Å². The minimum atomic E-state index is -0.210. The first kappa shape index (κ1) is 14.0. The van der Waals surface area contributed by atoms with Crippen LogP contribution in [0.3, 0.4) is 0 Å². The van der Waals surface area contributed by atoms with Gasteiger partial charge in [-0.05, 0) is 37.9 Å². The lowest BCUT2D eigenvalue weighted by molar-refractivity contribution is 0.0950. The van der Waals surface area contributed by atoms with E-state index in [1.165, 1.54) is 25.7 Å². The van der Waals surface area contributed by atoms with Gasteiger partial charge in [0.15, 0.2) is 0 Å². The van der Waals surface area contributed by atoms with Crippen LogP contribution in [0.4, 0.5) is 0 Å². The minimum Gasteiger partial charge on any atom is -0.296 e. The Balaban J connectivity index is 2.15. The molecule has 104 valence electrons. The van der Waals surface area contributed by atoms with E-state index in [4.69, 9.17) is 5.84 Å². The lowest BCUT2D eigenvalue weighted by atomic mass is 10.1. The average molecular weight is 261 g/mol. The van der Waals surface area contributed by atoms with E-state index in [2.05, 4.69) is 17.2 Å². The lowest BCUT2D eigenvalue weighted by Crippen LogP contribution is -2.34. The van der Waals surface area contributed by atoms with Crippen molar-refractivity contribution in [3.05, 3.63) is 35.4 Å². The summed E-state index contributed by atoms with van der Waals surface area (Å²) in [6.45, 7) is 4.21. The summed E-state index contributed by atoms with van der Waals surface area (Å²) in [6, 6.07) is 8.28. The molecule has 1 aromatic carbocycles. The first-order chi connectivity index (χ1) is 9.22. The van der Waals surface area contributed by atoms with Crippen molar-refractivity contribution in [2.75, 3.05) is 6.54 Å². The molecule has 0 radical (unpaired) electrons. The van der Waals surface area contributed by atoms with Gasteiger partial charge in [0.1, 0.15) is 0 Å². The molecule has 0 spiro atoms. The van der Waals surface area contributed by atoms with Crippen molar-refractivity contribution >= 4 is 5.91 Å². The highest BCUT2D eigenvalue weighted by Crippen LogP contribution is 2.20. The molecule has 1 unspecified atom stereocenters. The number of nitrogens with zero attached hydrogens (tertiary/aromatic N) is 1. The van der Waals surface area contributed by atoms with E-state index in [0.29, 0.717) is 11.6 Å². The third-order valence-corrected chi connectivity index (χ3v) is 3.96. The molecule has 2 rings (SSSR count). The monoisotopic (exact) mass is 261 g/mol. The third-order valence-electron chi connectivity index (χ3n) is 3.96. The first-order valence-corrected chi connectivity index (χ1v) is 7.05. The normalized spacial score (nSPS) is 20.8. The van der Waals surface area contributed by atoms with Crippen LogP contribution in [0.15, 0.2) is 24.3 Å². The highest BCUT2D eigenvalue weighted by atomic mass is 16.2. The fourth-order valence-corrected chi connectivity index (χ4v) is 2.75. The Labute approximate surface area is 114 Å². The zero-order valence-electron chi connectivity index (χ0n) is 11.6. The molecule has 4 nitrogen and oxygen atoms in total. The van der Waals surface area contributed by atoms with Crippen LogP contribution in [0.1, 0.15) is 48.5 Å². The standard InChI is InChI=1S/C15H23N3O/c1-12-7-3-2-6-10-18(12)11-13-8-4-5-9-14(13)15(19)17-16/h4-5,8-9,12H,2-3,6-7,10-11,16H2,1H3,(H,17,19). The number of hydrogen-bond acceptors (Lipinski definition) is 3. The molecule has 1 amide bonds. The van der Waals surface area contributed by atoms with Gasteiger partial charge < -0.3 is 0 Å². The molecule has 19 heavy (non-hydrogen) atoms. The number of hydrazine groups is 1. The SMILES string of the molecule is CC1CCCCCN1Cc1ccccc1C(=O)NN. The molecule has 0 saturated carbocycles. The Kier molecular flexibility index (Phi) is 4.93. The number of benzene rings is 1. The molecule has 1 aliphatic heterocycles. The number of amides is 1. The Morgan fingerprint density at radius 2 is 2.16 bits per heavy atom. The summed E-state index contributed by atoms with van der Waals surface area (Å²) in [7, 11) is 0. The minimum absolute atomic E-state index is 0.210. The number of nitrogen functional groups attached to an aromatic ring is 1. The van der Waals surface area contributed by atoms with Crippen molar-refractivity contribution in [2.45, 2.75) is 45.2 Å². The third kappa shape index (κ3) is 3.55. The maximum Gasteiger partial charge on any atom is 0.265 e. The van der Waals surface area contributed by atoms with E-state index in [-0.39, 0.29) is 5.91 Å². The van der Waals surface area contributed by atoms with E-state index in [0.717, 1.165) is 18.7 Å². The molecular formula is C15H23N3O. The van der Waals surface area contributed by atoms with E-state index in [9.17, 15) is 4.79 Å². The Morgan fingerprint density at radius 3 is 2.95 bits per heavy atom. The molecule has 1 fully saturated rings. The highest BCUT2D eigenvalue weighted by Gasteiger charge is 2.19. The molecule has 1 aliphatic rings. The summed E-state index contributed by atoms with van der Waals surface area (Å²) in [5, 5.41) is 0. The quantitative estimate of drug-likeness (QED) is 0.497. The van der Waals surface area contributed by atoms with Crippen molar-refractivity contribution in [2.24, 2.45) is 5.84 Å².